The van der Waals surface area contributed by atoms with Gasteiger partial charge in [0.1, 0.15) is 0 Å². The van der Waals surface area contributed by atoms with Crippen LogP contribution in [0.3, 0.4) is 0 Å². The third-order valence-electron chi connectivity index (χ3n) is 9.96. The molecule has 0 unspecified atom stereocenters. The predicted octanol–water partition coefficient (Wildman–Crippen LogP) is 12.5. The van der Waals surface area contributed by atoms with Crippen molar-refractivity contribution in [2.45, 2.75) is 173 Å². The molecule has 0 spiro atoms. The third kappa shape index (κ3) is 16.4. The molecule has 48 heavy (non-hydrogen) atoms. The number of rotatable bonds is 30. The first-order chi connectivity index (χ1) is 23.6. The average molecular weight is 663 g/mol. The van der Waals surface area contributed by atoms with Crippen molar-refractivity contribution in [3.8, 4) is 0 Å². The average Bonchev–Trinajstić information content (AvgIpc) is 3.45. The van der Waals surface area contributed by atoms with Crippen LogP contribution >= 0.6 is 0 Å². The van der Waals surface area contributed by atoms with Crippen LogP contribution in [0.1, 0.15) is 185 Å². The fraction of sp³-hybridized carbons (Fsp3) is 0.667. The number of hydrogen-bond donors (Lipinski definition) is 3. The van der Waals surface area contributed by atoms with E-state index in [4.69, 9.17) is 10.2 Å². The van der Waals surface area contributed by atoms with Crippen LogP contribution in [0.15, 0.2) is 36.5 Å². The number of carbonyl (C=O) groups is 2. The highest BCUT2D eigenvalue weighted by molar-refractivity contribution is 5.96. The summed E-state index contributed by atoms with van der Waals surface area (Å²) >= 11 is 0. The number of benzene rings is 1. The molecule has 6 heteroatoms. The summed E-state index contributed by atoms with van der Waals surface area (Å²) in [4.78, 5) is 27.4. The fourth-order valence-electron chi connectivity index (χ4n) is 7.09. The zero-order chi connectivity index (χ0) is 34.1. The lowest BCUT2D eigenvalue weighted by Gasteiger charge is -2.27. The summed E-state index contributed by atoms with van der Waals surface area (Å²) in [6.07, 6.45) is 38.4. The fourth-order valence-corrected chi connectivity index (χ4v) is 7.09. The largest absolute Gasteiger partial charge is 0.481 e. The van der Waals surface area contributed by atoms with E-state index < -0.39 is 11.9 Å². The lowest BCUT2D eigenvalue weighted by Crippen LogP contribution is -2.20. The summed E-state index contributed by atoms with van der Waals surface area (Å²) in [6, 6.07) is 8.67. The van der Waals surface area contributed by atoms with E-state index in [1.165, 1.54) is 156 Å². The van der Waals surface area contributed by atoms with Crippen molar-refractivity contribution in [3.63, 3.8) is 0 Å². The molecule has 1 aliphatic rings. The van der Waals surface area contributed by atoms with E-state index >= 15 is 0 Å². The molecule has 0 saturated heterocycles. The first-order valence-corrected chi connectivity index (χ1v) is 19.8. The minimum atomic E-state index is -0.667. The Kier molecular flexibility index (Phi) is 20.5. The smallest absolute Gasteiger partial charge is 0.303 e. The Bertz CT molecular complexity index is 1230. The van der Waals surface area contributed by atoms with Gasteiger partial charge >= 0.3 is 11.9 Å². The minimum Gasteiger partial charge on any atom is -0.481 e. The predicted molar refractivity (Wildman–Crippen MR) is 202 cm³/mol. The van der Waals surface area contributed by atoms with Gasteiger partial charge in [0.2, 0.25) is 0 Å². The first kappa shape index (κ1) is 39.4. The number of hydrogen-bond acceptors (Lipinski definition) is 3. The van der Waals surface area contributed by atoms with Crippen LogP contribution in [0.25, 0.3) is 22.7 Å². The monoisotopic (exact) mass is 663 g/mol. The maximum atomic E-state index is 10.6. The van der Waals surface area contributed by atoms with E-state index in [1.54, 1.807) is 0 Å². The molecular formula is C42H66N2O4. The Morgan fingerprint density at radius 1 is 0.583 bits per heavy atom. The number of H-pyrrole nitrogens is 1. The van der Waals surface area contributed by atoms with E-state index in [9.17, 15) is 9.59 Å². The van der Waals surface area contributed by atoms with Crippen LogP contribution in [0.2, 0.25) is 0 Å². The standard InChI is InChI=1S/C42H66N2O4/c45-40(46)31-23-19-15-11-7-3-1-2-6-10-14-18-22-30-39-42-37(36-28-25-26-29-38(36)43-42)33-35-44(39)34-27-21-17-13-9-5-4-8-12-16-20-24-32-41(47)48/h25-26,28-30,33,35,43H,1-24,27,31-32,34H2,(H,45,46)(H,47,48)/b39-30-. The molecule has 0 radical (unpaired) electrons. The van der Waals surface area contributed by atoms with Crippen LogP contribution in [0, 0.1) is 0 Å². The number of nitrogens with one attached hydrogen (secondary N) is 1. The topological polar surface area (TPSA) is 93.6 Å². The molecule has 0 fully saturated rings. The highest BCUT2D eigenvalue weighted by Gasteiger charge is 2.20. The number of nitrogens with zero attached hydrogens (tertiary/aromatic N) is 1. The summed E-state index contributed by atoms with van der Waals surface area (Å²) in [5.74, 6) is -1.33. The summed E-state index contributed by atoms with van der Waals surface area (Å²) in [5.41, 5.74) is 5.18. The maximum Gasteiger partial charge on any atom is 0.303 e. The molecule has 1 aromatic carbocycles. The Morgan fingerprint density at radius 2 is 1.02 bits per heavy atom. The number of carboxylic acid groups (broad SMARTS) is 2. The molecule has 1 aromatic heterocycles. The van der Waals surface area contributed by atoms with Gasteiger partial charge in [-0.15, -0.1) is 0 Å². The van der Waals surface area contributed by atoms with E-state index in [2.05, 4.69) is 52.5 Å². The van der Waals surface area contributed by atoms with Gasteiger partial charge in [-0.05, 0) is 44.2 Å². The number of aliphatic carboxylic acids is 2. The van der Waals surface area contributed by atoms with Crippen molar-refractivity contribution in [3.05, 3.63) is 47.8 Å². The second kappa shape index (κ2) is 25.0. The molecule has 3 N–H and O–H groups in total. The van der Waals surface area contributed by atoms with Crippen molar-refractivity contribution in [1.82, 2.24) is 9.88 Å². The SMILES string of the molecule is O=C(O)CCCCCCCCCCCCCC/C=C1/c2[nH]c3ccccc3c2C=CN1CCCCCCCCCCCCCCC(=O)O. The molecule has 2 aromatic rings. The number of unbranched alkanes of at least 4 members (excludes halogenated alkanes) is 23. The normalized spacial score (nSPS) is 13.5. The van der Waals surface area contributed by atoms with Crippen molar-refractivity contribution >= 4 is 34.6 Å². The maximum absolute atomic E-state index is 10.6. The molecule has 3 rings (SSSR count). The molecule has 2 heterocycles. The van der Waals surface area contributed by atoms with Crippen LogP contribution in [-0.2, 0) is 9.59 Å². The molecule has 0 amide bonds. The summed E-state index contributed by atoms with van der Waals surface area (Å²) in [5, 5.41) is 18.7. The first-order valence-electron chi connectivity index (χ1n) is 19.8. The molecule has 0 saturated carbocycles. The summed E-state index contributed by atoms with van der Waals surface area (Å²) in [7, 11) is 0. The van der Waals surface area contributed by atoms with E-state index in [0.717, 1.165) is 38.6 Å². The summed E-state index contributed by atoms with van der Waals surface area (Å²) in [6.45, 7) is 1.07. The van der Waals surface area contributed by atoms with Gasteiger partial charge in [0.05, 0.1) is 11.4 Å². The molecule has 0 bridgehead atoms. The number of para-hydroxylation sites is 1. The van der Waals surface area contributed by atoms with E-state index in [0.29, 0.717) is 12.8 Å². The van der Waals surface area contributed by atoms with E-state index in [-0.39, 0.29) is 0 Å². The molecule has 0 atom stereocenters. The van der Waals surface area contributed by atoms with Gasteiger partial charge in [0.15, 0.2) is 0 Å². The minimum absolute atomic E-state index is 0.320. The number of fused-ring (bicyclic) bond motifs is 3. The van der Waals surface area contributed by atoms with Crippen LogP contribution < -0.4 is 0 Å². The zero-order valence-electron chi connectivity index (χ0n) is 30.0. The van der Waals surface area contributed by atoms with Crippen LogP contribution in [0.4, 0.5) is 0 Å². The number of aromatic amines is 1. The van der Waals surface area contributed by atoms with Gasteiger partial charge in [-0.3, -0.25) is 9.59 Å². The van der Waals surface area contributed by atoms with Gasteiger partial charge in [-0.2, -0.15) is 0 Å². The second-order valence-corrected chi connectivity index (χ2v) is 14.1. The van der Waals surface area contributed by atoms with E-state index in [1.807, 2.05) is 0 Å². The number of aromatic nitrogens is 1. The Hall–Kier alpha value is -3.02. The molecule has 268 valence electrons. The molecule has 6 nitrogen and oxygen atoms in total. The van der Waals surface area contributed by atoms with Crippen molar-refractivity contribution in [2.75, 3.05) is 6.54 Å². The lowest BCUT2D eigenvalue weighted by molar-refractivity contribution is -0.138. The van der Waals surface area contributed by atoms with Crippen LogP contribution in [0.5, 0.6) is 0 Å². The molecule has 1 aliphatic heterocycles. The second-order valence-electron chi connectivity index (χ2n) is 14.1. The van der Waals surface area contributed by atoms with Crippen LogP contribution in [-0.4, -0.2) is 38.6 Å². The van der Waals surface area contributed by atoms with Crippen molar-refractivity contribution < 1.29 is 19.8 Å². The van der Waals surface area contributed by atoms with Crippen molar-refractivity contribution in [2.24, 2.45) is 0 Å². The van der Waals surface area contributed by atoms with Gasteiger partial charge in [-0.25, -0.2) is 0 Å². The highest BCUT2D eigenvalue weighted by Crippen LogP contribution is 2.35. The van der Waals surface area contributed by atoms with Gasteiger partial charge in [-0.1, -0.05) is 153 Å². The van der Waals surface area contributed by atoms with Crippen molar-refractivity contribution in [1.29, 1.82) is 0 Å². The Balaban J connectivity index is 1.28. The Labute approximate surface area is 291 Å². The zero-order valence-corrected chi connectivity index (χ0v) is 30.0. The van der Waals surface area contributed by atoms with Gasteiger partial charge < -0.3 is 20.1 Å². The lowest BCUT2D eigenvalue weighted by atomic mass is 10.0. The van der Waals surface area contributed by atoms with Gasteiger partial charge in [0.25, 0.3) is 0 Å². The Morgan fingerprint density at radius 3 is 1.52 bits per heavy atom. The quantitative estimate of drug-likeness (QED) is 0.0724. The molecule has 0 aliphatic carbocycles. The highest BCUT2D eigenvalue weighted by atomic mass is 16.4. The number of carboxylic acids is 2. The number of allylic oxidation sites excluding steroid dienone is 1. The summed E-state index contributed by atoms with van der Waals surface area (Å²) < 4.78 is 0. The van der Waals surface area contributed by atoms with Gasteiger partial charge in [0, 0.05) is 42.1 Å². The molecular weight excluding hydrogens is 596 g/mol. The third-order valence-corrected chi connectivity index (χ3v) is 9.96.